The molecule has 1 rings (SSSR count). The van der Waals surface area contributed by atoms with Crippen LogP contribution < -0.4 is 5.43 Å². The summed E-state index contributed by atoms with van der Waals surface area (Å²) in [5.41, 5.74) is -2.35. The molecule has 0 amide bonds. The van der Waals surface area contributed by atoms with Gasteiger partial charge in [0.05, 0.1) is 0 Å². The monoisotopic (exact) mass is 206 g/mol. The number of alkyl halides is 3. The van der Waals surface area contributed by atoms with Gasteiger partial charge in [0.2, 0.25) is 5.43 Å². The normalized spacial score (nSPS) is 12.1. The Morgan fingerprint density at radius 2 is 2.00 bits per heavy atom. The molecule has 0 aromatic carbocycles. The van der Waals surface area contributed by atoms with Gasteiger partial charge in [0.15, 0.2) is 0 Å². The largest absolute Gasteiger partial charge is 0.421 e. The van der Waals surface area contributed by atoms with Gasteiger partial charge < -0.3 is 0 Å². The molecule has 1 aromatic heterocycles. The number of halogens is 3. The van der Waals surface area contributed by atoms with E-state index in [-0.39, 0.29) is 11.6 Å². The van der Waals surface area contributed by atoms with Gasteiger partial charge >= 0.3 is 6.18 Å². The van der Waals surface area contributed by atoms with Crippen molar-refractivity contribution >= 4 is 0 Å². The van der Waals surface area contributed by atoms with Crippen molar-refractivity contribution in [3.8, 4) is 0 Å². The first-order chi connectivity index (χ1) is 6.34. The molecule has 0 fully saturated rings. The van der Waals surface area contributed by atoms with Crippen LogP contribution in [0.4, 0.5) is 13.2 Å². The first-order valence-corrected chi connectivity index (χ1v) is 3.99. The molecule has 0 atom stereocenters. The van der Waals surface area contributed by atoms with Crippen LogP contribution in [0.2, 0.25) is 0 Å². The summed E-state index contributed by atoms with van der Waals surface area (Å²) in [7, 11) is 0. The Morgan fingerprint density at radius 3 is 2.43 bits per heavy atom. The number of hydrogen-bond donors (Lipinski definition) is 1. The maximum Gasteiger partial charge on any atom is 0.421 e. The molecule has 0 saturated heterocycles. The Morgan fingerprint density at radius 1 is 1.43 bits per heavy atom. The highest BCUT2D eigenvalue weighted by molar-refractivity contribution is 5.18. The second kappa shape index (κ2) is 3.43. The molecular formula is C8H9F3N2O. The molecule has 0 spiro atoms. The lowest BCUT2D eigenvalue weighted by atomic mass is 10.1. The van der Waals surface area contributed by atoms with E-state index in [1.54, 1.807) is 13.8 Å². The zero-order valence-corrected chi connectivity index (χ0v) is 7.64. The molecule has 1 aromatic rings. The quantitative estimate of drug-likeness (QED) is 0.762. The lowest BCUT2D eigenvalue weighted by Crippen LogP contribution is -2.24. The maximum absolute atomic E-state index is 12.2. The fourth-order valence-electron chi connectivity index (χ4n) is 1.02. The Hall–Kier alpha value is -1.33. The molecule has 0 bridgehead atoms. The van der Waals surface area contributed by atoms with Crippen molar-refractivity contribution in [3.05, 3.63) is 27.7 Å². The van der Waals surface area contributed by atoms with Gasteiger partial charge in [-0.05, 0) is 0 Å². The van der Waals surface area contributed by atoms with Crippen LogP contribution in [-0.4, -0.2) is 10.2 Å². The van der Waals surface area contributed by atoms with E-state index < -0.39 is 17.2 Å². The summed E-state index contributed by atoms with van der Waals surface area (Å²) >= 11 is 0. The molecule has 14 heavy (non-hydrogen) atoms. The highest BCUT2D eigenvalue weighted by Gasteiger charge is 2.35. The molecule has 0 aliphatic rings. The summed E-state index contributed by atoms with van der Waals surface area (Å²) in [6.07, 6.45) is -4.05. The Balaban J connectivity index is 3.36. The molecule has 0 unspecified atom stereocenters. The van der Waals surface area contributed by atoms with E-state index in [1.165, 1.54) is 0 Å². The van der Waals surface area contributed by atoms with Crippen LogP contribution in [-0.2, 0) is 6.18 Å². The van der Waals surface area contributed by atoms with Crippen LogP contribution in [0.25, 0.3) is 0 Å². The zero-order chi connectivity index (χ0) is 10.9. The van der Waals surface area contributed by atoms with Gasteiger partial charge in [0.1, 0.15) is 11.3 Å². The van der Waals surface area contributed by atoms with Gasteiger partial charge in [-0.2, -0.15) is 18.3 Å². The van der Waals surface area contributed by atoms with Gasteiger partial charge in [-0.15, -0.1) is 0 Å². The predicted molar refractivity (Wildman–Crippen MR) is 43.9 cm³/mol. The van der Waals surface area contributed by atoms with Crippen LogP contribution in [0.15, 0.2) is 11.0 Å². The number of aromatic amines is 1. The fourth-order valence-corrected chi connectivity index (χ4v) is 1.02. The summed E-state index contributed by atoms with van der Waals surface area (Å²) < 4.78 is 36.7. The summed E-state index contributed by atoms with van der Waals surface area (Å²) in [5, 5.41) is 5.60. The average Bonchev–Trinajstić information content (AvgIpc) is 2.01. The molecular weight excluding hydrogens is 197 g/mol. The van der Waals surface area contributed by atoms with Crippen LogP contribution in [0, 0.1) is 0 Å². The third-order valence-corrected chi connectivity index (χ3v) is 1.72. The van der Waals surface area contributed by atoms with Crippen molar-refractivity contribution in [2.45, 2.75) is 25.9 Å². The Kier molecular flexibility index (Phi) is 2.64. The van der Waals surface area contributed by atoms with Gasteiger partial charge in [-0.1, -0.05) is 13.8 Å². The van der Waals surface area contributed by atoms with Crippen LogP contribution in [0.3, 0.4) is 0 Å². The lowest BCUT2D eigenvalue weighted by molar-refractivity contribution is -0.138. The van der Waals surface area contributed by atoms with Crippen molar-refractivity contribution in [1.82, 2.24) is 10.2 Å². The molecule has 0 aliphatic heterocycles. The fraction of sp³-hybridized carbons (Fsp3) is 0.500. The smallest absolute Gasteiger partial charge is 0.287 e. The van der Waals surface area contributed by atoms with Crippen LogP contribution >= 0.6 is 0 Å². The van der Waals surface area contributed by atoms with Crippen molar-refractivity contribution in [2.75, 3.05) is 0 Å². The SMILES string of the molecule is CC(C)c1n[nH]cc(C(F)(F)F)c1=O. The third kappa shape index (κ3) is 1.94. The summed E-state index contributed by atoms with van der Waals surface area (Å²) in [6.45, 7) is 3.22. The number of hydrogen-bond acceptors (Lipinski definition) is 2. The lowest BCUT2D eigenvalue weighted by Gasteiger charge is -2.08. The molecule has 6 heteroatoms. The standard InChI is InChI=1S/C8H9F3N2O/c1-4(2)6-7(14)5(3-12-13-6)8(9,10)11/h3-4H,1-2H3,(H,12,14). The van der Waals surface area contributed by atoms with E-state index >= 15 is 0 Å². The predicted octanol–water partition coefficient (Wildman–Crippen LogP) is 1.91. The summed E-state index contributed by atoms with van der Waals surface area (Å²) in [5.74, 6) is -0.332. The van der Waals surface area contributed by atoms with Gasteiger partial charge in [0.25, 0.3) is 0 Å². The maximum atomic E-state index is 12.2. The Labute approximate surface area is 78.0 Å². The Bertz CT molecular complexity index is 381. The van der Waals surface area contributed by atoms with E-state index in [4.69, 9.17) is 0 Å². The van der Waals surface area contributed by atoms with Crippen molar-refractivity contribution in [3.63, 3.8) is 0 Å². The van der Waals surface area contributed by atoms with Gasteiger partial charge in [-0.3, -0.25) is 9.89 Å². The number of nitrogens with one attached hydrogen (secondary N) is 1. The van der Waals surface area contributed by atoms with Crippen molar-refractivity contribution < 1.29 is 13.2 Å². The van der Waals surface area contributed by atoms with E-state index in [0.29, 0.717) is 6.20 Å². The number of aromatic nitrogens is 2. The molecule has 78 valence electrons. The van der Waals surface area contributed by atoms with Crippen molar-refractivity contribution in [2.24, 2.45) is 0 Å². The van der Waals surface area contributed by atoms with Crippen LogP contribution in [0.1, 0.15) is 31.0 Å². The minimum absolute atomic E-state index is 0.0974. The highest BCUT2D eigenvalue weighted by Crippen LogP contribution is 2.26. The topological polar surface area (TPSA) is 45.8 Å². The molecule has 1 N–H and O–H groups in total. The van der Waals surface area contributed by atoms with Crippen LogP contribution in [0.5, 0.6) is 0 Å². The molecule has 1 heterocycles. The second-order valence-corrected chi connectivity index (χ2v) is 3.17. The first kappa shape index (κ1) is 10.7. The van der Waals surface area contributed by atoms with Crippen molar-refractivity contribution in [1.29, 1.82) is 0 Å². The van der Waals surface area contributed by atoms with E-state index in [0.717, 1.165) is 0 Å². The molecule has 0 aliphatic carbocycles. The summed E-state index contributed by atoms with van der Waals surface area (Å²) in [4.78, 5) is 11.3. The molecule has 3 nitrogen and oxygen atoms in total. The molecule has 0 saturated carbocycles. The van der Waals surface area contributed by atoms with Gasteiger partial charge in [-0.25, -0.2) is 0 Å². The average molecular weight is 206 g/mol. The van der Waals surface area contributed by atoms with E-state index in [2.05, 4.69) is 10.2 Å². The van der Waals surface area contributed by atoms with E-state index in [9.17, 15) is 18.0 Å². The first-order valence-electron chi connectivity index (χ1n) is 3.99. The highest BCUT2D eigenvalue weighted by atomic mass is 19.4. The third-order valence-electron chi connectivity index (χ3n) is 1.72. The molecule has 0 radical (unpaired) electrons. The number of H-pyrrole nitrogens is 1. The number of rotatable bonds is 1. The second-order valence-electron chi connectivity index (χ2n) is 3.17. The van der Waals surface area contributed by atoms with E-state index in [1.807, 2.05) is 0 Å². The minimum Gasteiger partial charge on any atom is -0.287 e. The minimum atomic E-state index is -4.62. The zero-order valence-electron chi connectivity index (χ0n) is 7.64. The van der Waals surface area contributed by atoms with Gasteiger partial charge in [0, 0.05) is 12.1 Å². The number of nitrogens with zero attached hydrogens (tertiary/aromatic N) is 1. The summed E-state index contributed by atoms with van der Waals surface area (Å²) in [6, 6.07) is 0.